The average Bonchev–Trinajstić information content (AvgIpc) is 3.15. The van der Waals surface area contributed by atoms with E-state index < -0.39 is 46.5 Å². The minimum Gasteiger partial charge on any atom is -0.456 e. The van der Waals surface area contributed by atoms with Gasteiger partial charge in [0.15, 0.2) is 11.9 Å². The van der Waals surface area contributed by atoms with Crippen LogP contribution in [0.2, 0.25) is 0 Å². The van der Waals surface area contributed by atoms with E-state index in [-0.39, 0.29) is 47.7 Å². The molecule has 0 unspecified atom stereocenters. The van der Waals surface area contributed by atoms with Crippen molar-refractivity contribution >= 4 is 48.1 Å². The Balaban J connectivity index is 0.00000306. The Bertz CT molecular complexity index is 1150. The summed E-state index contributed by atoms with van der Waals surface area (Å²) in [7, 11) is 0. The van der Waals surface area contributed by atoms with Crippen LogP contribution in [0.25, 0.3) is 22.6 Å². The van der Waals surface area contributed by atoms with Gasteiger partial charge in [0.1, 0.15) is 11.5 Å². The smallest absolute Gasteiger partial charge is 0.417 e. The molecule has 1 aromatic heterocycles. The third-order valence-electron chi connectivity index (χ3n) is 4.27. The normalized spacial score (nSPS) is 11.1. The molecule has 0 amide bonds. The van der Waals surface area contributed by atoms with Gasteiger partial charge in [-0.3, -0.25) is 0 Å². The van der Waals surface area contributed by atoms with E-state index in [9.17, 15) is 26.3 Å². The van der Waals surface area contributed by atoms with Crippen molar-refractivity contribution in [2.24, 2.45) is 32.9 Å². The quantitative estimate of drug-likeness (QED) is 0.201. The summed E-state index contributed by atoms with van der Waals surface area (Å²) in [5.41, 5.74) is 17.4. The third-order valence-corrected chi connectivity index (χ3v) is 4.27. The van der Waals surface area contributed by atoms with Crippen molar-refractivity contribution in [3.63, 3.8) is 0 Å². The molecule has 0 fully saturated rings. The Morgan fingerprint density at radius 1 is 0.600 bits per heavy atom. The number of nitrogens with zero attached hydrogens (tertiary/aromatic N) is 2. The molecule has 0 aliphatic rings. The fourth-order valence-corrected chi connectivity index (χ4v) is 3.03. The van der Waals surface area contributed by atoms with Crippen LogP contribution < -0.4 is 22.9 Å². The van der Waals surface area contributed by atoms with Crippen LogP contribution in [0.5, 0.6) is 0 Å². The highest BCUT2D eigenvalue weighted by atomic mass is 35.5. The third kappa shape index (κ3) is 6.96. The number of nitrogens with two attached hydrogens (primary N) is 4. The molecule has 35 heavy (non-hydrogen) atoms. The summed E-state index contributed by atoms with van der Waals surface area (Å²) in [6.45, 7) is 0. The Morgan fingerprint density at radius 2 is 0.943 bits per heavy atom. The number of rotatable bonds is 4. The molecule has 2 aromatic carbocycles. The van der Waals surface area contributed by atoms with E-state index >= 15 is 0 Å². The molecule has 7 nitrogen and oxygen atoms in total. The summed E-state index contributed by atoms with van der Waals surface area (Å²) in [6.07, 6.45) is -9.65. The first-order valence-electron chi connectivity index (χ1n) is 8.98. The number of hydrogen-bond donors (Lipinski definition) is 4. The fraction of sp³-hybridized carbons (Fsp3) is 0.100. The molecule has 3 rings (SSSR count). The average molecular weight is 543 g/mol. The van der Waals surface area contributed by atoms with E-state index in [1.54, 1.807) is 0 Å². The summed E-state index contributed by atoms with van der Waals surface area (Å²) in [4.78, 5) is 7.15. The standard InChI is InChI=1S/C20H16F6N6O.2ClH/c21-19(22,23)13-7-9(31-17(27)28)1-3-11(13)15-5-6-16(33-15)12-4-2-10(32-18(29)30)8-14(12)20(24,25)26;;/h1-8H,(H4,27,28,31)(H4,29,30,32);2*1H. The van der Waals surface area contributed by atoms with Crippen molar-refractivity contribution in [3.05, 3.63) is 59.7 Å². The molecule has 0 spiro atoms. The van der Waals surface area contributed by atoms with Gasteiger partial charge in [0.2, 0.25) is 0 Å². The van der Waals surface area contributed by atoms with Gasteiger partial charge in [-0.15, -0.1) is 24.8 Å². The summed E-state index contributed by atoms with van der Waals surface area (Å²) in [6, 6.07) is 8.17. The lowest BCUT2D eigenvalue weighted by Gasteiger charge is -2.13. The summed E-state index contributed by atoms with van der Waals surface area (Å²) < 4.78 is 87.1. The molecule has 0 radical (unpaired) electrons. The number of furan rings is 1. The van der Waals surface area contributed by atoms with Crippen molar-refractivity contribution < 1.29 is 30.8 Å². The van der Waals surface area contributed by atoms with Crippen LogP contribution in [0.3, 0.4) is 0 Å². The summed E-state index contributed by atoms with van der Waals surface area (Å²) >= 11 is 0. The number of aliphatic imine (C=N–C) groups is 2. The van der Waals surface area contributed by atoms with Crippen molar-refractivity contribution in [3.8, 4) is 22.6 Å². The zero-order valence-corrected chi connectivity index (χ0v) is 18.9. The molecule has 0 atom stereocenters. The van der Waals surface area contributed by atoms with Crippen molar-refractivity contribution in [2.75, 3.05) is 0 Å². The number of benzene rings is 2. The first kappa shape index (κ1) is 29.5. The van der Waals surface area contributed by atoms with Crippen LogP contribution in [-0.2, 0) is 12.4 Å². The highest BCUT2D eigenvalue weighted by molar-refractivity contribution is 5.85. The van der Waals surface area contributed by atoms with Crippen LogP contribution in [-0.4, -0.2) is 11.9 Å². The van der Waals surface area contributed by atoms with E-state index in [4.69, 9.17) is 27.4 Å². The fourth-order valence-electron chi connectivity index (χ4n) is 3.03. The molecule has 0 saturated heterocycles. The molecule has 0 saturated carbocycles. The van der Waals surface area contributed by atoms with Crippen LogP contribution in [0.4, 0.5) is 37.7 Å². The van der Waals surface area contributed by atoms with E-state index in [0.717, 1.165) is 24.3 Å². The van der Waals surface area contributed by atoms with E-state index in [0.29, 0.717) is 12.1 Å². The second kappa shape index (κ2) is 10.8. The maximum Gasteiger partial charge on any atom is 0.417 e. The van der Waals surface area contributed by atoms with Gasteiger partial charge in [0.05, 0.1) is 22.5 Å². The maximum absolute atomic E-state index is 13.6. The van der Waals surface area contributed by atoms with E-state index in [1.807, 2.05) is 0 Å². The second-order valence-corrected chi connectivity index (χ2v) is 6.69. The zero-order valence-electron chi connectivity index (χ0n) is 17.3. The SMILES string of the molecule is Cl.Cl.NC(N)=Nc1ccc(-c2ccc(-c3ccc(N=C(N)N)cc3C(F)(F)F)o2)c(C(F)(F)F)c1. The van der Waals surface area contributed by atoms with Gasteiger partial charge in [-0.25, -0.2) is 9.98 Å². The van der Waals surface area contributed by atoms with Gasteiger partial charge in [-0.05, 0) is 48.5 Å². The van der Waals surface area contributed by atoms with Crippen LogP contribution in [0.1, 0.15) is 11.1 Å². The summed E-state index contributed by atoms with van der Waals surface area (Å²) in [5.74, 6) is -1.51. The minimum atomic E-state index is -4.82. The zero-order chi connectivity index (χ0) is 24.6. The predicted octanol–water partition coefficient (Wildman–Crippen LogP) is 5.30. The molecule has 15 heteroatoms. The second-order valence-electron chi connectivity index (χ2n) is 6.69. The molecule has 0 aliphatic heterocycles. The number of alkyl halides is 6. The minimum absolute atomic E-state index is 0. The van der Waals surface area contributed by atoms with E-state index in [2.05, 4.69) is 9.98 Å². The monoisotopic (exact) mass is 542 g/mol. The first-order valence-corrected chi connectivity index (χ1v) is 8.98. The topological polar surface area (TPSA) is 142 Å². The Hall–Kier alpha value is -3.58. The van der Waals surface area contributed by atoms with Crippen LogP contribution >= 0.6 is 24.8 Å². The van der Waals surface area contributed by atoms with Crippen molar-refractivity contribution in [2.45, 2.75) is 12.4 Å². The Labute approximate surface area is 206 Å². The molecular formula is C20H18Cl2F6N6O. The number of halogens is 8. The predicted molar refractivity (Wildman–Crippen MR) is 125 cm³/mol. The number of hydrogen-bond acceptors (Lipinski definition) is 3. The highest BCUT2D eigenvalue weighted by Gasteiger charge is 2.36. The van der Waals surface area contributed by atoms with Gasteiger partial charge in [0, 0.05) is 11.1 Å². The van der Waals surface area contributed by atoms with Gasteiger partial charge in [-0.1, -0.05) is 0 Å². The lowest BCUT2D eigenvalue weighted by Crippen LogP contribution is -2.22. The molecule has 190 valence electrons. The Kier molecular flexibility index (Phi) is 9.07. The lowest BCUT2D eigenvalue weighted by atomic mass is 10.0. The highest BCUT2D eigenvalue weighted by Crippen LogP contribution is 2.43. The molecule has 3 aromatic rings. The van der Waals surface area contributed by atoms with Gasteiger partial charge < -0.3 is 27.4 Å². The maximum atomic E-state index is 13.6. The molecule has 0 bridgehead atoms. The summed E-state index contributed by atoms with van der Waals surface area (Å²) in [5, 5.41) is 0. The van der Waals surface area contributed by atoms with E-state index in [1.165, 1.54) is 12.1 Å². The number of guanidine groups is 2. The van der Waals surface area contributed by atoms with Crippen LogP contribution in [0, 0.1) is 0 Å². The van der Waals surface area contributed by atoms with Crippen LogP contribution in [0.15, 0.2) is 62.9 Å². The van der Waals surface area contributed by atoms with Crippen molar-refractivity contribution in [1.82, 2.24) is 0 Å². The first-order chi connectivity index (χ1) is 15.3. The van der Waals surface area contributed by atoms with Gasteiger partial charge >= 0.3 is 12.4 Å². The molecule has 8 N–H and O–H groups in total. The van der Waals surface area contributed by atoms with Gasteiger partial charge in [-0.2, -0.15) is 26.3 Å². The van der Waals surface area contributed by atoms with Crippen molar-refractivity contribution in [1.29, 1.82) is 0 Å². The lowest BCUT2D eigenvalue weighted by molar-refractivity contribution is -0.137. The molecule has 0 aliphatic carbocycles. The molecular weight excluding hydrogens is 525 g/mol. The molecule has 1 heterocycles. The Morgan fingerprint density at radius 3 is 1.23 bits per heavy atom. The van der Waals surface area contributed by atoms with Gasteiger partial charge in [0.25, 0.3) is 0 Å². The largest absolute Gasteiger partial charge is 0.456 e.